The number of fused-ring (bicyclic) bond motifs is 1. The molecule has 1 aliphatic rings. The minimum absolute atomic E-state index is 0.0626. The van der Waals surface area contributed by atoms with Crippen LogP contribution < -0.4 is 15.4 Å². The van der Waals surface area contributed by atoms with Gasteiger partial charge in [0.2, 0.25) is 5.91 Å². The van der Waals surface area contributed by atoms with Gasteiger partial charge >= 0.3 is 0 Å². The van der Waals surface area contributed by atoms with Gasteiger partial charge in [0.05, 0.1) is 10.9 Å². The van der Waals surface area contributed by atoms with Crippen LogP contribution in [0, 0.1) is 5.82 Å². The highest BCUT2D eigenvalue weighted by Crippen LogP contribution is 2.36. The maximum atomic E-state index is 12.9. The van der Waals surface area contributed by atoms with Gasteiger partial charge in [-0.15, -0.1) is 11.8 Å². The maximum absolute atomic E-state index is 12.9. The standard InChI is InChI=1S/C22H18FN3O2S2/c1-13-21(27)25-19-12-14(2-11-20(19)29-13)22(28)24-16-7-9-18(10-8-16)30-26-17-5-3-15(23)4-6-17/h2-13,26H,1H3,(H,24,28)(H,25,27). The molecule has 1 heterocycles. The van der Waals surface area contributed by atoms with Crippen LogP contribution >= 0.6 is 23.7 Å². The fourth-order valence-electron chi connectivity index (χ4n) is 2.80. The molecule has 5 nitrogen and oxygen atoms in total. The van der Waals surface area contributed by atoms with E-state index in [2.05, 4.69) is 15.4 Å². The van der Waals surface area contributed by atoms with Crippen molar-refractivity contribution < 1.29 is 14.0 Å². The van der Waals surface area contributed by atoms with Crippen LogP contribution in [-0.4, -0.2) is 17.1 Å². The summed E-state index contributed by atoms with van der Waals surface area (Å²) >= 11 is 2.87. The van der Waals surface area contributed by atoms with E-state index in [9.17, 15) is 14.0 Å². The molecule has 1 aliphatic heterocycles. The lowest BCUT2D eigenvalue weighted by atomic mass is 10.1. The van der Waals surface area contributed by atoms with Crippen LogP contribution in [0.15, 0.2) is 76.5 Å². The third-order valence-corrected chi connectivity index (χ3v) is 6.44. The number of thioether (sulfide) groups is 1. The number of nitrogens with one attached hydrogen (secondary N) is 3. The van der Waals surface area contributed by atoms with Crippen LogP contribution in [-0.2, 0) is 4.79 Å². The minimum atomic E-state index is -0.278. The Kier molecular flexibility index (Phi) is 5.96. The van der Waals surface area contributed by atoms with Gasteiger partial charge in [-0.3, -0.25) is 9.59 Å². The Balaban J connectivity index is 1.37. The molecule has 0 aromatic heterocycles. The molecule has 3 aromatic carbocycles. The first kappa shape index (κ1) is 20.3. The molecule has 1 unspecified atom stereocenters. The Bertz CT molecular complexity index is 1090. The summed E-state index contributed by atoms with van der Waals surface area (Å²) in [6, 6.07) is 18.8. The van der Waals surface area contributed by atoms with Crippen molar-refractivity contribution in [2.75, 3.05) is 15.4 Å². The van der Waals surface area contributed by atoms with Gasteiger partial charge in [0.25, 0.3) is 5.91 Å². The van der Waals surface area contributed by atoms with Crippen LogP contribution in [0.1, 0.15) is 17.3 Å². The number of rotatable bonds is 5. The highest BCUT2D eigenvalue weighted by molar-refractivity contribution is 8.01. The van der Waals surface area contributed by atoms with E-state index in [-0.39, 0.29) is 22.9 Å². The molecule has 8 heteroatoms. The summed E-state index contributed by atoms with van der Waals surface area (Å²) < 4.78 is 16.1. The Morgan fingerprint density at radius 2 is 1.73 bits per heavy atom. The SMILES string of the molecule is CC1Sc2ccc(C(=O)Nc3ccc(SNc4ccc(F)cc4)cc3)cc2NC1=O. The molecule has 3 aromatic rings. The van der Waals surface area contributed by atoms with Gasteiger partial charge < -0.3 is 15.4 Å². The lowest BCUT2D eigenvalue weighted by Gasteiger charge is -2.21. The molecule has 2 amide bonds. The molecule has 0 bridgehead atoms. The van der Waals surface area contributed by atoms with Gasteiger partial charge in [-0.2, -0.15) is 0 Å². The monoisotopic (exact) mass is 439 g/mol. The third-order valence-electron chi connectivity index (χ3n) is 4.42. The Morgan fingerprint density at radius 3 is 2.47 bits per heavy atom. The minimum Gasteiger partial charge on any atom is -0.326 e. The lowest BCUT2D eigenvalue weighted by molar-refractivity contribution is -0.115. The molecular formula is C22H18FN3O2S2. The van der Waals surface area contributed by atoms with Gasteiger partial charge in [-0.1, -0.05) is 0 Å². The molecule has 0 saturated carbocycles. The molecule has 0 spiro atoms. The molecule has 3 N–H and O–H groups in total. The highest BCUT2D eigenvalue weighted by atomic mass is 32.2. The fourth-order valence-corrected chi connectivity index (χ4v) is 4.37. The number of anilines is 3. The normalized spacial score (nSPS) is 15.1. The number of carbonyl (C=O) groups is 2. The van der Waals surface area contributed by atoms with Crippen LogP contribution in [0.2, 0.25) is 0 Å². The first-order chi connectivity index (χ1) is 14.5. The second-order valence-electron chi connectivity index (χ2n) is 6.65. The van der Waals surface area contributed by atoms with Gasteiger partial charge in [-0.05, 0) is 85.6 Å². The van der Waals surface area contributed by atoms with Crippen molar-refractivity contribution in [2.24, 2.45) is 0 Å². The number of amides is 2. The fraction of sp³-hybridized carbons (Fsp3) is 0.0909. The zero-order valence-corrected chi connectivity index (χ0v) is 17.6. The second kappa shape index (κ2) is 8.81. The first-order valence-electron chi connectivity index (χ1n) is 9.19. The molecule has 1 atom stereocenters. The Morgan fingerprint density at radius 1 is 1.03 bits per heavy atom. The average molecular weight is 440 g/mol. The van der Waals surface area contributed by atoms with Crippen molar-refractivity contribution in [3.05, 3.63) is 78.1 Å². The van der Waals surface area contributed by atoms with E-state index in [0.29, 0.717) is 16.9 Å². The van der Waals surface area contributed by atoms with Gasteiger partial charge in [0, 0.05) is 26.7 Å². The number of halogens is 1. The van der Waals surface area contributed by atoms with Crippen molar-refractivity contribution in [2.45, 2.75) is 22.0 Å². The largest absolute Gasteiger partial charge is 0.326 e. The predicted octanol–water partition coefficient (Wildman–Crippen LogP) is 5.63. The molecule has 152 valence electrons. The molecule has 0 radical (unpaired) electrons. The number of benzene rings is 3. The lowest BCUT2D eigenvalue weighted by Crippen LogP contribution is -2.26. The van der Waals surface area contributed by atoms with E-state index in [4.69, 9.17) is 0 Å². The van der Waals surface area contributed by atoms with E-state index >= 15 is 0 Å². The topological polar surface area (TPSA) is 70.2 Å². The molecule has 30 heavy (non-hydrogen) atoms. The third kappa shape index (κ3) is 4.77. The van der Waals surface area contributed by atoms with Crippen molar-refractivity contribution in [1.82, 2.24) is 0 Å². The first-order valence-corrected chi connectivity index (χ1v) is 10.9. The summed E-state index contributed by atoms with van der Waals surface area (Å²) in [4.78, 5) is 26.4. The Hall–Kier alpha value is -2.97. The van der Waals surface area contributed by atoms with E-state index in [1.165, 1.54) is 35.8 Å². The summed E-state index contributed by atoms with van der Waals surface area (Å²) in [6.45, 7) is 1.85. The number of hydrogen-bond donors (Lipinski definition) is 3. The van der Waals surface area contributed by atoms with E-state index in [0.717, 1.165) is 15.5 Å². The molecule has 0 saturated heterocycles. The molecule has 4 rings (SSSR count). The van der Waals surface area contributed by atoms with Crippen molar-refractivity contribution in [1.29, 1.82) is 0 Å². The maximum Gasteiger partial charge on any atom is 0.255 e. The van der Waals surface area contributed by atoms with Crippen molar-refractivity contribution in [3.63, 3.8) is 0 Å². The van der Waals surface area contributed by atoms with E-state index < -0.39 is 0 Å². The quantitative estimate of drug-likeness (QED) is 0.450. The second-order valence-corrected chi connectivity index (χ2v) is 8.91. The zero-order chi connectivity index (χ0) is 21.1. The molecular weight excluding hydrogens is 421 g/mol. The van der Waals surface area contributed by atoms with Crippen molar-refractivity contribution >= 4 is 52.6 Å². The Labute approximate surface area is 182 Å². The van der Waals surface area contributed by atoms with E-state index in [1.54, 1.807) is 24.3 Å². The average Bonchev–Trinajstić information content (AvgIpc) is 2.75. The summed E-state index contributed by atoms with van der Waals surface area (Å²) in [5.41, 5.74) is 2.59. The van der Waals surface area contributed by atoms with Crippen LogP contribution in [0.5, 0.6) is 0 Å². The number of carbonyl (C=O) groups excluding carboxylic acids is 2. The van der Waals surface area contributed by atoms with Crippen LogP contribution in [0.3, 0.4) is 0 Å². The molecule has 0 fully saturated rings. The smallest absolute Gasteiger partial charge is 0.255 e. The van der Waals surface area contributed by atoms with E-state index in [1.807, 2.05) is 37.3 Å². The van der Waals surface area contributed by atoms with Crippen molar-refractivity contribution in [3.8, 4) is 0 Å². The van der Waals surface area contributed by atoms with Gasteiger partial charge in [0.15, 0.2) is 0 Å². The summed E-state index contributed by atoms with van der Waals surface area (Å²) in [6.07, 6.45) is 0. The predicted molar refractivity (Wildman–Crippen MR) is 121 cm³/mol. The highest BCUT2D eigenvalue weighted by Gasteiger charge is 2.23. The van der Waals surface area contributed by atoms with Gasteiger partial charge in [-0.25, -0.2) is 4.39 Å². The summed E-state index contributed by atoms with van der Waals surface area (Å²) in [5, 5.41) is 5.55. The van der Waals surface area contributed by atoms with Gasteiger partial charge in [0.1, 0.15) is 5.82 Å². The number of hydrogen-bond acceptors (Lipinski definition) is 5. The summed E-state index contributed by atoms with van der Waals surface area (Å²) in [5.74, 6) is -0.590. The zero-order valence-electron chi connectivity index (χ0n) is 15.9. The summed E-state index contributed by atoms with van der Waals surface area (Å²) in [7, 11) is 0. The van der Waals surface area contributed by atoms with Crippen LogP contribution in [0.4, 0.5) is 21.5 Å². The molecule has 0 aliphatic carbocycles. The van der Waals surface area contributed by atoms with Crippen LogP contribution in [0.25, 0.3) is 0 Å².